The molecule has 0 amide bonds. The van der Waals surface area contributed by atoms with Gasteiger partial charge in [0.25, 0.3) is 0 Å². The van der Waals surface area contributed by atoms with Crippen LogP contribution < -0.4 is 0 Å². The van der Waals surface area contributed by atoms with Gasteiger partial charge in [-0.25, -0.2) is 0 Å². The summed E-state index contributed by atoms with van der Waals surface area (Å²) in [5.74, 6) is -0.748. The molecule has 0 saturated heterocycles. The van der Waals surface area contributed by atoms with Gasteiger partial charge < -0.3 is 10.0 Å². The number of aliphatic carboxylic acids is 1. The fourth-order valence-corrected chi connectivity index (χ4v) is 0.983. The number of carboxylic acids is 1. The van der Waals surface area contributed by atoms with Crippen molar-refractivity contribution in [2.24, 2.45) is 0 Å². The molecule has 0 aromatic carbocycles. The van der Waals surface area contributed by atoms with Gasteiger partial charge in [-0.2, -0.15) is 0 Å². The molecular formula is C8H18N2O2. The van der Waals surface area contributed by atoms with E-state index in [1.54, 1.807) is 19.0 Å². The third-order valence-electron chi connectivity index (χ3n) is 1.76. The fourth-order valence-electron chi connectivity index (χ4n) is 0.983. The zero-order valence-electron chi connectivity index (χ0n) is 8.24. The Bertz CT molecular complexity index is 146. The Labute approximate surface area is 73.8 Å². The fraction of sp³-hybridized carbons (Fsp3) is 0.875. The molecule has 0 radical (unpaired) electrons. The van der Waals surface area contributed by atoms with Gasteiger partial charge in [0.05, 0.1) is 0 Å². The van der Waals surface area contributed by atoms with Crippen molar-refractivity contribution in [3.63, 3.8) is 0 Å². The van der Waals surface area contributed by atoms with E-state index >= 15 is 0 Å². The second-order valence-electron chi connectivity index (χ2n) is 3.41. The van der Waals surface area contributed by atoms with Crippen molar-refractivity contribution in [3.8, 4) is 0 Å². The zero-order valence-corrected chi connectivity index (χ0v) is 8.24. The Morgan fingerprint density at radius 1 is 1.33 bits per heavy atom. The van der Waals surface area contributed by atoms with Crippen LogP contribution in [0.1, 0.15) is 6.42 Å². The molecule has 0 aliphatic heterocycles. The molecule has 0 aromatic rings. The van der Waals surface area contributed by atoms with Gasteiger partial charge in [-0.05, 0) is 41.2 Å². The highest BCUT2D eigenvalue weighted by atomic mass is 16.4. The Hall–Kier alpha value is -0.610. The van der Waals surface area contributed by atoms with Gasteiger partial charge in [0.2, 0.25) is 0 Å². The molecule has 0 fully saturated rings. The van der Waals surface area contributed by atoms with E-state index in [2.05, 4.69) is 0 Å². The quantitative estimate of drug-likeness (QED) is 0.635. The Morgan fingerprint density at radius 2 is 1.83 bits per heavy atom. The minimum absolute atomic E-state index is 0.368. The molecule has 4 heteroatoms. The van der Waals surface area contributed by atoms with E-state index in [-0.39, 0.29) is 6.04 Å². The molecule has 0 aliphatic carbocycles. The summed E-state index contributed by atoms with van der Waals surface area (Å²) >= 11 is 0. The zero-order chi connectivity index (χ0) is 9.72. The Balaban J connectivity index is 3.88. The highest BCUT2D eigenvalue weighted by molar-refractivity contribution is 5.73. The minimum Gasteiger partial charge on any atom is -0.480 e. The minimum atomic E-state index is -0.748. The van der Waals surface area contributed by atoms with Gasteiger partial charge >= 0.3 is 5.97 Å². The summed E-state index contributed by atoms with van der Waals surface area (Å²) in [6.07, 6.45) is 0.662. The molecule has 0 rings (SSSR count). The first-order valence-corrected chi connectivity index (χ1v) is 3.99. The van der Waals surface area contributed by atoms with Crippen molar-refractivity contribution in [2.45, 2.75) is 12.5 Å². The molecule has 1 N–H and O–H groups in total. The SMILES string of the molecule is CN(C)CC[C@@H](C(=O)O)N(C)C. The Morgan fingerprint density at radius 3 is 2.08 bits per heavy atom. The molecule has 0 heterocycles. The van der Waals surface area contributed by atoms with E-state index in [0.29, 0.717) is 6.42 Å². The third-order valence-corrected chi connectivity index (χ3v) is 1.76. The molecule has 12 heavy (non-hydrogen) atoms. The van der Waals surface area contributed by atoms with Crippen LogP contribution in [0.15, 0.2) is 0 Å². The lowest BCUT2D eigenvalue weighted by atomic mass is 10.2. The van der Waals surface area contributed by atoms with Crippen molar-refractivity contribution in [2.75, 3.05) is 34.7 Å². The lowest BCUT2D eigenvalue weighted by Gasteiger charge is -2.21. The van der Waals surface area contributed by atoms with Gasteiger partial charge in [0.15, 0.2) is 0 Å². The number of hydrogen-bond donors (Lipinski definition) is 1. The normalized spacial score (nSPS) is 13.8. The second-order valence-corrected chi connectivity index (χ2v) is 3.41. The molecule has 1 atom stereocenters. The van der Waals surface area contributed by atoms with Gasteiger partial charge in [-0.15, -0.1) is 0 Å². The van der Waals surface area contributed by atoms with Crippen molar-refractivity contribution in [1.82, 2.24) is 9.80 Å². The smallest absolute Gasteiger partial charge is 0.320 e. The highest BCUT2D eigenvalue weighted by Crippen LogP contribution is 2.00. The standard InChI is InChI=1S/C8H18N2O2/c1-9(2)6-5-7(8(11)12)10(3)4/h7H,5-6H2,1-4H3,(H,11,12)/t7-/m0/s1. The molecule has 0 spiro atoms. The maximum absolute atomic E-state index is 10.7. The summed E-state index contributed by atoms with van der Waals surface area (Å²) in [4.78, 5) is 14.4. The number of hydrogen-bond acceptors (Lipinski definition) is 3. The molecule has 0 bridgehead atoms. The molecule has 0 aliphatic rings. The van der Waals surface area contributed by atoms with Crippen LogP contribution in [0.3, 0.4) is 0 Å². The van der Waals surface area contributed by atoms with Crippen molar-refractivity contribution >= 4 is 5.97 Å². The summed E-state index contributed by atoms with van der Waals surface area (Å²) in [5.41, 5.74) is 0. The predicted octanol–water partition coefficient (Wildman–Crippen LogP) is -0.0471. The van der Waals surface area contributed by atoms with Gasteiger partial charge in [0, 0.05) is 0 Å². The van der Waals surface area contributed by atoms with Crippen molar-refractivity contribution in [3.05, 3.63) is 0 Å². The molecule has 0 unspecified atom stereocenters. The number of likely N-dealkylation sites (N-methyl/N-ethyl adjacent to an activating group) is 1. The van der Waals surface area contributed by atoms with Crippen LogP contribution in [-0.4, -0.2) is 61.7 Å². The number of rotatable bonds is 5. The van der Waals surface area contributed by atoms with Crippen LogP contribution in [0, 0.1) is 0 Å². The largest absolute Gasteiger partial charge is 0.480 e. The summed E-state index contributed by atoms with van der Waals surface area (Å²) in [6.45, 7) is 0.801. The van der Waals surface area contributed by atoms with Crippen LogP contribution in [0.5, 0.6) is 0 Å². The average molecular weight is 174 g/mol. The van der Waals surface area contributed by atoms with E-state index < -0.39 is 5.97 Å². The van der Waals surface area contributed by atoms with Crippen molar-refractivity contribution < 1.29 is 9.90 Å². The maximum Gasteiger partial charge on any atom is 0.320 e. The second kappa shape index (κ2) is 5.11. The predicted molar refractivity (Wildman–Crippen MR) is 48.3 cm³/mol. The van der Waals surface area contributed by atoms with Crippen LogP contribution in [-0.2, 0) is 4.79 Å². The molecule has 4 nitrogen and oxygen atoms in total. The topological polar surface area (TPSA) is 43.8 Å². The lowest BCUT2D eigenvalue weighted by Crippen LogP contribution is -2.37. The van der Waals surface area contributed by atoms with E-state index in [1.807, 2.05) is 19.0 Å². The lowest BCUT2D eigenvalue weighted by molar-refractivity contribution is -0.142. The average Bonchev–Trinajstić information content (AvgIpc) is 1.84. The maximum atomic E-state index is 10.7. The monoisotopic (exact) mass is 174 g/mol. The summed E-state index contributed by atoms with van der Waals surface area (Å²) < 4.78 is 0. The van der Waals surface area contributed by atoms with Crippen LogP contribution >= 0.6 is 0 Å². The van der Waals surface area contributed by atoms with Crippen LogP contribution in [0.2, 0.25) is 0 Å². The summed E-state index contributed by atoms with van der Waals surface area (Å²) in [6, 6.07) is -0.368. The van der Waals surface area contributed by atoms with Gasteiger partial charge in [-0.1, -0.05) is 0 Å². The number of nitrogens with zero attached hydrogens (tertiary/aromatic N) is 2. The van der Waals surface area contributed by atoms with E-state index in [1.165, 1.54) is 0 Å². The van der Waals surface area contributed by atoms with E-state index in [0.717, 1.165) is 6.54 Å². The first kappa shape index (κ1) is 11.4. The molecular weight excluding hydrogens is 156 g/mol. The van der Waals surface area contributed by atoms with E-state index in [4.69, 9.17) is 5.11 Å². The van der Waals surface area contributed by atoms with Gasteiger partial charge in [0.1, 0.15) is 6.04 Å². The van der Waals surface area contributed by atoms with Gasteiger partial charge in [-0.3, -0.25) is 9.69 Å². The first-order chi connectivity index (χ1) is 5.45. The number of carboxylic acid groups (broad SMARTS) is 1. The van der Waals surface area contributed by atoms with Crippen molar-refractivity contribution in [1.29, 1.82) is 0 Å². The van der Waals surface area contributed by atoms with Crippen LogP contribution in [0.4, 0.5) is 0 Å². The molecule has 72 valence electrons. The first-order valence-electron chi connectivity index (χ1n) is 3.99. The third kappa shape index (κ3) is 4.31. The van der Waals surface area contributed by atoms with Crippen LogP contribution in [0.25, 0.3) is 0 Å². The highest BCUT2D eigenvalue weighted by Gasteiger charge is 2.18. The molecule has 0 saturated carbocycles. The molecule has 0 aromatic heterocycles. The number of carbonyl (C=O) groups is 1. The van der Waals surface area contributed by atoms with E-state index in [9.17, 15) is 4.79 Å². The Kier molecular flexibility index (Phi) is 4.85. The summed E-state index contributed by atoms with van der Waals surface area (Å²) in [5, 5.41) is 8.80. The summed E-state index contributed by atoms with van der Waals surface area (Å²) in [7, 11) is 7.45.